The number of piperazine rings is 1. The number of hydrogen-bond acceptors (Lipinski definition) is 3. The molecule has 1 amide bonds. The van der Waals surface area contributed by atoms with Crippen LogP contribution in [0.3, 0.4) is 0 Å². The van der Waals surface area contributed by atoms with E-state index in [2.05, 4.69) is 33.0 Å². The van der Waals surface area contributed by atoms with Crippen molar-refractivity contribution in [3.63, 3.8) is 0 Å². The number of rotatable bonds is 4. The Bertz CT molecular complexity index is 1010. The zero-order valence-electron chi connectivity index (χ0n) is 16.5. The lowest BCUT2D eigenvalue weighted by molar-refractivity contribution is 0.0616. The van der Waals surface area contributed by atoms with E-state index >= 15 is 0 Å². The van der Waals surface area contributed by atoms with Gasteiger partial charge >= 0.3 is 0 Å². The second-order valence-electron chi connectivity index (χ2n) is 8.17. The molecule has 1 aliphatic heterocycles. The Hall–Kier alpha value is -1.82. The van der Waals surface area contributed by atoms with Crippen molar-refractivity contribution in [1.82, 2.24) is 14.4 Å². The smallest absolute Gasteiger partial charge is 0.270 e. The fourth-order valence-electron chi connectivity index (χ4n) is 4.80. The van der Waals surface area contributed by atoms with Crippen molar-refractivity contribution in [3.8, 4) is 0 Å². The highest BCUT2D eigenvalue weighted by Crippen LogP contribution is 2.37. The Morgan fingerprint density at radius 3 is 2.59 bits per heavy atom. The average molecular weight is 428 g/mol. The van der Waals surface area contributed by atoms with Crippen LogP contribution >= 0.6 is 22.9 Å². The van der Waals surface area contributed by atoms with Crippen molar-refractivity contribution in [1.29, 1.82) is 0 Å². The summed E-state index contributed by atoms with van der Waals surface area (Å²) < 4.78 is 3.58. The van der Waals surface area contributed by atoms with Crippen molar-refractivity contribution >= 4 is 39.1 Å². The quantitative estimate of drug-likeness (QED) is 0.555. The maximum Gasteiger partial charge on any atom is 0.270 e. The third kappa shape index (κ3) is 3.72. The molecule has 0 atom stereocenters. The number of hydrogen-bond donors (Lipinski definition) is 0. The summed E-state index contributed by atoms with van der Waals surface area (Å²) in [5, 5.41) is 2.96. The monoisotopic (exact) mass is 427 g/mol. The topological polar surface area (TPSA) is 28.5 Å². The lowest BCUT2D eigenvalue weighted by Gasteiger charge is -2.35. The molecule has 0 unspecified atom stereocenters. The highest BCUT2D eigenvalue weighted by atomic mass is 35.5. The number of nitrogens with zero attached hydrogens (tertiary/aromatic N) is 3. The van der Waals surface area contributed by atoms with E-state index in [-0.39, 0.29) is 5.91 Å². The van der Waals surface area contributed by atoms with Crippen LogP contribution in [0.4, 0.5) is 0 Å². The lowest BCUT2D eigenvalue weighted by atomic mass is 10.2. The van der Waals surface area contributed by atoms with Gasteiger partial charge in [-0.2, -0.15) is 0 Å². The first kappa shape index (κ1) is 19.2. The molecule has 29 heavy (non-hydrogen) atoms. The van der Waals surface area contributed by atoms with Crippen LogP contribution in [0.2, 0.25) is 5.02 Å². The van der Waals surface area contributed by atoms with E-state index in [0.717, 1.165) is 49.0 Å². The van der Waals surface area contributed by atoms with E-state index in [0.29, 0.717) is 6.04 Å². The molecule has 0 radical (unpaired) electrons. The summed E-state index contributed by atoms with van der Waals surface area (Å²) in [6.07, 6.45) is 4.91. The third-order valence-electron chi connectivity index (χ3n) is 6.38. The van der Waals surface area contributed by atoms with E-state index < -0.39 is 0 Å². The van der Waals surface area contributed by atoms with Crippen LogP contribution in [-0.2, 0) is 6.54 Å². The number of carbonyl (C=O) groups excluding carboxylic acids is 1. The number of carbonyl (C=O) groups is 1. The fourth-order valence-corrected chi connectivity index (χ4v) is 5.81. The molecule has 152 valence electrons. The van der Waals surface area contributed by atoms with Crippen molar-refractivity contribution in [3.05, 3.63) is 58.1 Å². The van der Waals surface area contributed by atoms with Crippen LogP contribution in [0.5, 0.6) is 0 Å². The Labute approximate surface area is 180 Å². The zero-order valence-corrected chi connectivity index (χ0v) is 18.1. The summed E-state index contributed by atoms with van der Waals surface area (Å²) in [5.41, 5.74) is 3.28. The van der Waals surface area contributed by atoms with Crippen LogP contribution in [-0.4, -0.2) is 46.5 Å². The Morgan fingerprint density at radius 1 is 1.07 bits per heavy atom. The van der Waals surface area contributed by atoms with Crippen molar-refractivity contribution < 1.29 is 4.79 Å². The maximum atomic E-state index is 13.4. The van der Waals surface area contributed by atoms with Crippen LogP contribution in [0, 0.1) is 0 Å². The molecule has 2 aromatic heterocycles. The molecule has 1 aromatic carbocycles. The van der Waals surface area contributed by atoms with Gasteiger partial charge in [0, 0.05) is 43.8 Å². The summed E-state index contributed by atoms with van der Waals surface area (Å²) >= 11 is 8.05. The number of halogens is 1. The molecule has 0 N–H and O–H groups in total. The van der Waals surface area contributed by atoms with Gasteiger partial charge in [0.25, 0.3) is 5.91 Å². The Kier molecular flexibility index (Phi) is 5.37. The van der Waals surface area contributed by atoms with Crippen molar-refractivity contribution in [2.45, 2.75) is 38.3 Å². The minimum atomic E-state index is 0.192. The van der Waals surface area contributed by atoms with Gasteiger partial charge < -0.3 is 9.47 Å². The summed E-state index contributed by atoms with van der Waals surface area (Å²) in [7, 11) is 0. The molecule has 2 aliphatic rings. The molecule has 4 nitrogen and oxygen atoms in total. The van der Waals surface area contributed by atoms with Gasteiger partial charge in [0.05, 0.1) is 10.2 Å². The predicted molar refractivity (Wildman–Crippen MR) is 120 cm³/mol. The second kappa shape index (κ2) is 8.13. The number of aromatic nitrogens is 1. The second-order valence-corrected chi connectivity index (χ2v) is 9.52. The van der Waals surface area contributed by atoms with Gasteiger partial charge in [-0.3, -0.25) is 9.69 Å². The van der Waals surface area contributed by atoms with Crippen molar-refractivity contribution in [2.75, 3.05) is 26.2 Å². The van der Waals surface area contributed by atoms with E-state index in [1.807, 2.05) is 23.1 Å². The highest BCUT2D eigenvalue weighted by molar-refractivity contribution is 7.17. The lowest BCUT2D eigenvalue weighted by Crippen LogP contribution is -2.48. The molecular formula is C23H26ClN3OS. The van der Waals surface area contributed by atoms with E-state index in [9.17, 15) is 4.79 Å². The number of benzene rings is 1. The van der Waals surface area contributed by atoms with Crippen LogP contribution < -0.4 is 0 Å². The zero-order chi connectivity index (χ0) is 19.8. The van der Waals surface area contributed by atoms with Crippen molar-refractivity contribution in [2.24, 2.45) is 0 Å². The molecule has 6 heteroatoms. The largest absolute Gasteiger partial charge is 0.335 e. The molecule has 0 bridgehead atoms. The molecule has 1 saturated heterocycles. The van der Waals surface area contributed by atoms with Crippen LogP contribution in [0.15, 0.2) is 41.8 Å². The SMILES string of the molecule is O=C(c1cc2sccc2n1C1CCCC1)N1CCN(Cc2ccccc2Cl)CC1. The fraction of sp³-hybridized carbons (Fsp3) is 0.435. The predicted octanol–water partition coefficient (Wildman–Crippen LogP) is 5.43. The highest BCUT2D eigenvalue weighted by Gasteiger charge is 2.29. The van der Waals surface area contributed by atoms with Crippen LogP contribution in [0.1, 0.15) is 47.8 Å². The number of fused-ring (bicyclic) bond motifs is 1. The first-order chi connectivity index (χ1) is 14.2. The number of thiophene rings is 1. The minimum Gasteiger partial charge on any atom is -0.335 e. The Morgan fingerprint density at radius 2 is 1.83 bits per heavy atom. The normalized spacial score (nSPS) is 18.7. The van der Waals surface area contributed by atoms with Gasteiger partial charge in [-0.15, -0.1) is 11.3 Å². The molecule has 2 fully saturated rings. The summed E-state index contributed by atoms with van der Waals surface area (Å²) in [6, 6.07) is 12.8. The molecule has 3 aromatic rings. The number of amides is 1. The third-order valence-corrected chi connectivity index (χ3v) is 7.60. The summed E-state index contributed by atoms with van der Waals surface area (Å²) in [4.78, 5) is 17.9. The molecule has 3 heterocycles. The average Bonchev–Trinajstić information content (AvgIpc) is 3.47. The standard InChI is InChI=1S/C23H26ClN3OS/c24-19-8-4-1-5-17(19)16-25-10-12-26(13-11-25)23(28)21-15-22-20(9-14-29-22)27(21)18-6-2-3-7-18/h1,4-5,8-9,14-15,18H,2-3,6-7,10-13,16H2. The molecular weight excluding hydrogens is 402 g/mol. The maximum absolute atomic E-state index is 13.4. The minimum absolute atomic E-state index is 0.192. The molecule has 5 rings (SSSR count). The summed E-state index contributed by atoms with van der Waals surface area (Å²) in [5.74, 6) is 0.192. The molecule has 1 aliphatic carbocycles. The molecule has 1 saturated carbocycles. The van der Waals surface area contributed by atoms with Gasteiger partial charge in [0.15, 0.2) is 0 Å². The molecule has 0 spiro atoms. The van der Waals surface area contributed by atoms with Gasteiger partial charge in [0.2, 0.25) is 0 Å². The van der Waals surface area contributed by atoms with Gasteiger partial charge in [0.1, 0.15) is 5.69 Å². The van der Waals surface area contributed by atoms with E-state index in [1.54, 1.807) is 11.3 Å². The van der Waals surface area contributed by atoms with Gasteiger partial charge in [-0.1, -0.05) is 42.6 Å². The Balaban J connectivity index is 1.30. The first-order valence-electron chi connectivity index (χ1n) is 10.5. The van der Waals surface area contributed by atoms with Gasteiger partial charge in [-0.05, 0) is 42.0 Å². The van der Waals surface area contributed by atoms with E-state index in [1.165, 1.54) is 35.9 Å². The van der Waals surface area contributed by atoms with E-state index in [4.69, 9.17) is 11.6 Å². The van der Waals surface area contributed by atoms with Crippen LogP contribution in [0.25, 0.3) is 10.2 Å². The van der Waals surface area contributed by atoms with Gasteiger partial charge in [-0.25, -0.2) is 0 Å². The first-order valence-corrected chi connectivity index (χ1v) is 11.8. The summed E-state index contributed by atoms with van der Waals surface area (Å²) in [6.45, 7) is 4.15.